The molecule has 6 rings (SSSR count). The number of rotatable bonds is 7. The molecule has 0 amide bonds. The van der Waals surface area contributed by atoms with E-state index in [4.69, 9.17) is 4.74 Å². The highest BCUT2D eigenvalue weighted by Gasteiger charge is 2.15. The summed E-state index contributed by atoms with van der Waals surface area (Å²) in [6, 6.07) is 17.8. The van der Waals surface area contributed by atoms with E-state index < -0.39 is 0 Å². The van der Waals surface area contributed by atoms with Gasteiger partial charge in [0.2, 0.25) is 5.95 Å². The predicted octanol–water partition coefficient (Wildman–Crippen LogP) is 4.20. The lowest BCUT2D eigenvalue weighted by atomic mass is 10.1. The number of hydrogen-bond acceptors (Lipinski definition) is 9. The molecule has 1 fully saturated rings. The molecule has 39 heavy (non-hydrogen) atoms. The first-order chi connectivity index (χ1) is 19.1. The molecule has 0 unspecified atom stereocenters. The molecule has 10 nitrogen and oxygen atoms in total. The number of pyridine rings is 1. The molecule has 0 radical (unpaired) electrons. The van der Waals surface area contributed by atoms with Crippen LogP contribution in [0.25, 0.3) is 34.2 Å². The first-order valence-electron chi connectivity index (χ1n) is 12.5. The Bertz CT molecular complexity index is 1570. The van der Waals surface area contributed by atoms with Crippen LogP contribution in [0.4, 0.5) is 21.7 Å². The van der Waals surface area contributed by atoms with E-state index in [1.165, 1.54) is 12.1 Å². The van der Waals surface area contributed by atoms with Crippen molar-refractivity contribution >= 4 is 17.3 Å². The Balaban J connectivity index is 1.17. The Hall–Kier alpha value is -4.74. The van der Waals surface area contributed by atoms with Gasteiger partial charge in [-0.1, -0.05) is 6.07 Å². The van der Waals surface area contributed by atoms with E-state index in [0.29, 0.717) is 47.8 Å². The zero-order valence-electron chi connectivity index (χ0n) is 20.9. The van der Waals surface area contributed by atoms with E-state index in [2.05, 4.69) is 40.3 Å². The topological polar surface area (TPSA) is 125 Å². The molecule has 0 saturated carbocycles. The highest BCUT2D eigenvalue weighted by Crippen LogP contribution is 2.27. The number of halogens is 1. The molecule has 4 heterocycles. The third kappa shape index (κ3) is 5.59. The Morgan fingerprint density at radius 1 is 0.923 bits per heavy atom. The highest BCUT2D eigenvalue weighted by molar-refractivity contribution is 5.68. The van der Waals surface area contributed by atoms with Crippen molar-refractivity contribution < 1.29 is 14.2 Å². The van der Waals surface area contributed by atoms with Crippen molar-refractivity contribution in [2.75, 3.05) is 36.5 Å². The summed E-state index contributed by atoms with van der Waals surface area (Å²) < 4.78 is 19.9. The van der Waals surface area contributed by atoms with Crippen LogP contribution in [0.3, 0.4) is 0 Å². The van der Waals surface area contributed by atoms with Crippen LogP contribution in [0.15, 0.2) is 73.1 Å². The van der Waals surface area contributed by atoms with E-state index >= 15 is 0 Å². The van der Waals surface area contributed by atoms with E-state index in [1.807, 2.05) is 30.3 Å². The van der Waals surface area contributed by atoms with E-state index in [1.54, 1.807) is 30.6 Å². The minimum Gasteiger partial charge on any atom is -0.392 e. The number of aromatic amines is 1. The van der Waals surface area contributed by atoms with Gasteiger partial charge < -0.3 is 20.1 Å². The van der Waals surface area contributed by atoms with Crippen molar-refractivity contribution in [2.45, 2.75) is 6.61 Å². The second-order valence-electron chi connectivity index (χ2n) is 8.98. The molecule has 5 aromatic rings. The molecule has 0 atom stereocenters. The lowest BCUT2D eigenvalue weighted by Gasteiger charge is -2.29. The van der Waals surface area contributed by atoms with E-state index in [0.717, 1.165) is 35.6 Å². The minimum atomic E-state index is -0.314. The SMILES string of the molecule is OCc1ccc(-c2nc(-c3ccc(Nc4nccc(-c5cc(F)cc(N6CCOCC6)c5)n4)cc3)n[nH]2)nc1. The fourth-order valence-electron chi connectivity index (χ4n) is 4.30. The van der Waals surface area contributed by atoms with Gasteiger partial charge in [0, 0.05) is 48.0 Å². The van der Waals surface area contributed by atoms with Gasteiger partial charge in [0.15, 0.2) is 11.6 Å². The maximum atomic E-state index is 14.5. The maximum absolute atomic E-state index is 14.5. The quantitative estimate of drug-likeness (QED) is 0.287. The van der Waals surface area contributed by atoms with Crippen molar-refractivity contribution in [1.82, 2.24) is 30.1 Å². The average molecular weight is 525 g/mol. The zero-order chi connectivity index (χ0) is 26.6. The summed E-state index contributed by atoms with van der Waals surface area (Å²) in [7, 11) is 0. The minimum absolute atomic E-state index is 0.0642. The molecule has 0 aliphatic carbocycles. The average Bonchev–Trinajstić information content (AvgIpc) is 3.48. The van der Waals surface area contributed by atoms with E-state index in [-0.39, 0.29) is 12.4 Å². The number of nitrogens with one attached hydrogen (secondary N) is 2. The monoisotopic (exact) mass is 524 g/mol. The molecule has 3 N–H and O–H groups in total. The third-order valence-corrected chi connectivity index (χ3v) is 6.34. The van der Waals surface area contributed by atoms with Gasteiger partial charge >= 0.3 is 0 Å². The maximum Gasteiger partial charge on any atom is 0.227 e. The van der Waals surface area contributed by atoms with Crippen molar-refractivity contribution in [3.8, 4) is 34.2 Å². The molecule has 1 saturated heterocycles. The first kappa shape index (κ1) is 24.6. The Morgan fingerprint density at radius 3 is 2.54 bits per heavy atom. The molecular weight excluding hydrogens is 499 g/mol. The smallest absolute Gasteiger partial charge is 0.227 e. The van der Waals surface area contributed by atoms with Gasteiger partial charge in [-0.15, -0.1) is 0 Å². The molecule has 196 valence electrons. The largest absolute Gasteiger partial charge is 0.392 e. The fraction of sp³-hybridized carbons (Fsp3) is 0.179. The van der Waals surface area contributed by atoms with Crippen molar-refractivity contribution in [3.63, 3.8) is 0 Å². The van der Waals surface area contributed by atoms with Crippen LogP contribution < -0.4 is 10.2 Å². The zero-order valence-corrected chi connectivity index (χ0v) is 20.9. The fourth-order valence-corrected chi connectivity index (χ4v) is 4.30. The second kappa shape index (κ2) is 10.9. The van der Waals surface area contributed by atoms with Gasteiger partial charge in [-0.25, -0.2) is 19.3 Å². The number of aliphatic hydroxyl groups excluding tert-OH is 1. The van der Waals surface area contributed by atoms with Gasteiger partial charge in [-0.3, -0.25) is 10.1 Å². The number of ether oxygens (including phenoxy) is 1. The summed E-state index contributed by atoms with van der Waals surface area (Å²) in [6.07, 6.45) is 3.25. The van der Waals surface area contributed by atoms with Crippen LogP contribution in [-0.2, 0) is 11.3 Å². The van der Waals surface area contributed by atoms with Gasteiger partial charge in [-0.05, 0) is 60.2 Å². The standard InChI is InChI=1S/C28H25FN8O2/c29-21-13-20(14-23(15-21)37-9-11-39-12-10-37)24-7-8-30-28(33-24)32-22-4-2-19(3-5-22)26-34-27(36-35-26)25-6-1-18(17-38)16-31-25/h1-8,13-16,38H,9-12,17H2,(H,30,32,33)(H,34,35,36). The molecule has 3 aromatic heterocycles. The number of nitrogens with zero attached hydrogens (tertiary/aromatic N) is 6. The van der Waals surface area contributed by atoms with Crippen molar-refractivity contribution in [3.05, 3.63) is 84.4 Å². The predicted molar refractivity (Wildman–Crippen MR) is 145 cm³/mol. The Morgan fingerprint density at radius 2 is 1.77 bits per heavy atom. The highest BCUT2D eigenvalue weighted by atomic mass is 19.1. The summed E-state index contributed by atoms with van der Waals surface area (Å²) in [5, 5.41) is 19.6. The molecule has 1 aliphatic rings. The summed E-state index contributed by atoms with van der Waals surface area (Å²) in [6.45, 7) is 2.63. The van der Waals surface area contributed by atoms with Gasteiger partial charge in [0.1, 0.15) is 11.5 Å². The van der Waals surface area contributed by atoms with Crippen LogP contribution in [0.5, 0.6) is 0 Å². The van der Waals surface area contributed by atoms with Crippen LogP contribution >= 0.6 is 0 Å². The number of hydrogen-bond donors (Lipinski definition) is 3. The third-order valence-electron chi connectivity index (χ3n) is 6.34. The van der Waals surface area contributed by atoms with Crippen molar-refractivity contribution in [1.29, 1.82) is 0 Å². The molecule has 2 aromatic carbocycles. The number of morpholine rings is 1. The normalized spacial score (nSPS) is 13.4. The molecule has 11 heteroatoms. The molecular formula is C28H25FN8O2. The number of anilines is 3. The summed E-state index contributed by atoms with van der Waals surface area (Å²) in [5.74, 6) is 1.15. The van der Waals surface area contributed by atoms with Gasteiger partial charge in [0.25, 0.3) is 0 Å². The Labute approximate surface area is 223 Å². The van der Waals surface area contributed by atoms with Crippen LogP contribution in [-0.4, -0.2) is 61.5 Å². The summed E-state index contributed by atoms with van der Waals surface area (Å²) in [5.41, 5.74) is 5.07. The lowest BCUT2D eigenvalue weighted by Crippen LogP contribution is -2.36. The number of benzene rings is 2. The summed E-state index contributed by atoms with van der Waals surface area (Å²) in [4.78, 5) is 19.9. The van der Waals surface area contributed by atoms with Gasteiger partial charge in [0.05, 0.1) is 25.5 Å². The lowest BCUT2D eigenvalue weighted by molar-refractivity contribution is 0.122. The summed E-state index contributed by atoms with van der Waals surface area (Å²) >= 11 is 0. The van der Waals surface area contributed by atoms with Gasteiger partial charge in [-0.2, -0.15) is 5.10 Å². The van der Waals surface area contributed by atoms with Crippen molar-refractivity contribution in [2.24, 2.45) is 0 Å². The van der Waals surface area contributed by atoms with E-state index in [9.17, 15) is 9.50 Å². The molecule has 0 bridgehead atoms. The second-order valence-corrected chi connectivity index (χ2v) is 8.98. The number of aromatic nitrogens is 6. The van der Waals surface area contributed by atoms with Crippen LogP contribution in [0.1, 0.15) is 5.56 Å². The first-order valence-corrected chi connectivity index (χ1v) is 12.5. The van der Waals surface area contributed by atoms with Crippen LogP contribution in [0, 0.1) is 5.82 Å². The molecule has 1 aliphatic heterocycles. The Kier molecular flexibility index (Phi) is 6.89. The van der Waals surface area contributed by atoms with Crippen LogP contribution in [0.2, 0.25) is 0 Å². The molecule has 0 spiro atoms. The number of aliphatic hydroxyl groups is 1. The number of H-pyrrole nitrogens is 1.